The van der Waals surface area contributed by atoms with Gasteiger partial charge in [0.25, 0.3) is 0 Å². The third-order valence-corrected chi connectivity index (χ3v) is 8.26. The zero-order chi connectivity index (χ0) is 28.5. The Morgan fingerprint density at radius 1 is 1.17 bits per heavy atom. The van der Waals surface area contributed by atoms with Gasteiger partial charge in [0.2, 0.25) is 11.8 Å². The van der Waals surface area contributed by atoms with Crippen LogP contribution in [0.2, 0.25) is 0 Å². The number of piperidine rings is 1. The fourth-order valence-electron chi connectivity index (χ4n) is 5.29. The van der Waals surface area contributed by atoms with Gasteiger partial charge in [0.1, 0.15) is 27.8 Å². The number of aromatic nitrogens is 1. The Bertz CT molecular complexity index is 1710. The summed E-state index contributed by atoms with van der Waals surface area (Å²) in [4.78, 5) is 47.3. The van der Waals surface area contributed by atoms with Gasteiger partial charge < -0.3 is 20.3 Å². The first kappa shape index (κ1) is 26.3. The standard InChI is InChI=1S/C30H26N6O4S/c1-18-16-21(40-20-7-3-2-4-8-20)9-10-22(18)36-23-12-14-32-28-25(23)26(33-30(36)39)29(41-28)34-27(38)19-6-5-15-35(17-19)24(37)11-13-31/h2-4,7-10,12,14,16,19H,5-6,11,15,17H2,1H3,(H,33,39)(H,34,38). The topological polar surface area (TPSA) is 128 Å². The summed E-state index contributed by atoms with van der Waals surface area (Å²) < 4.78 is 5.96. The number of benzene rings is 2. The van der Waals surface area contributed by atoms with Crippen LogP contribution in [0.4, 0.5) is 26.9 Å². The molecule has 2 aromatic carbocycles. The zero-order valence-corrected chi connectivity index (χ0v) is 23.0. The number of likely N-dealkylation sites (tertiary alicyclic amines) is 1. The quantitative estimate of drug-likeness (QED) is 0.287. The summed E-state index contributed by atoms with van der Waals surface area (Å²) in [6.07, 6.45) is 2.76. The maximum atomic E-state index is 13.5. The molecule has 41 heavy (non-hydrogen) atoms. The second-order valence-electron chi connectivity index (χ2n) is 9.95. The minimum Gasteiger partial charge on any atom is -0.457 e. The Kier molecular flexibility index (Phi) is 6.99. The van der Waals surface area contributed by atoms with Crippen LogP contribution in [-0.4, -0.2) is 40.8 Å². The van der Waals surface area contributed by atoms with Crippen LogP contribution in [-0.2, 0) is 9.59 Å². The summed E-state index contributed by atoms with van der Waals surface area (Å²) >= 11 is 1.29. The smallest absolute Gasteiger partial charge is 0.331 e. The van der Waals surface area contributed by atoms with E-state index in [0.29, 0.717) is 52.0 Å². The van der Waals surface area contributed by atoms with Crippen molar-refractivity contribution < 1.29 is 19.1 Å². The molecular formula is C30H26N6O4S. The highest BCUT2D eigenvalue weighted by Crippen LogP contribution is 2.49. The molecule has 2 N–H and O–H groups in total. The van der Waals surface area contributed by atoms with E-state index in [4.69, 9.17) is 10.00 Å². The second-order valence-corrected chi connectivity index (χ2v) is 10.9. The number of thiophene rings is 1. The van der Waals surface area contributed by atoms with E-state index in [1.807, 2.05) is 61.5 Å². The molecule has 11 heteroatoms. The largest absolute Gasteiger partial charge is 0.457 e. The highest BCUT2D eigenvalue weighted by Gasteiger charge is 2.34. The highest BCUT2D eigenvalue weighted by molar-refractivity contribution is 7.23. The molecule has 4 heterocycles. The molecule has 0 radical (unpaired) electrons. The molecule has 10 nitrogen and oxygen atoms in total. The number of rotatable bonds is 6. The normalized spacial score (nSPS) is 16.2. The molecular weight excluding hydrogens is 540 g/mol. The van der Waals surface area contributed by atoms with Crippen molar-refractivity contribution in [1.82, 2.24) is 9.88 Å². The molecule has 0 bridgehead atoms. The number of amides is 4. The van der Waals surface area contributed by atoms with Crippen LogP contribution in [0.15, 0.2) is 60.8 Å². The number of aryl methyl sites for hydroxylation is 1. The van der Waals surface area contributed by atoms with Crippen LogP contribution in [0.3, 0.4) is 0 Å². The molecule has 4 amide bonds. The zero-order valence-electron chi connectivity index (χ0n) is 22.2. The summed E-state index contributed by atoms with van der Waals surface area (Å²) in [5.41, 5.74) is 2.72. The summed E-state index contributed by atoms with van der Waals surface area (Å²) in [5, 5.41) is 16.0. The third-order valence-electron chi connectivity index (χ3n) is 7.25. The maximum Gasteiger partial charge on any atom is 0.331 e. The minimum absolute atomic E-state index is 0.200. The molecule has 2 aliphatic heterocycles. The molecule has 2 aliphatic rings. The third kappa shape index (κ3) is 5.05. The number of hydrogen-bond acceptors (Lipinski definition) is 7. The van der Waals surface area contributed by atoms with E-state index in [-0.39, 0.29) is 30.8 Å². The average molecular weight is 567 g/mol. The Hall–Kier alpha value is -4.95. The van der Waals surface area contributed by atoms with Crippen molar-refractivity contribution in [1.29, 1.82) is 5.26 Å². The van der Waals surface area contributed by atoms with Crippen molar-refractivity contribution in [3.05, 3.63) is 66.4 Å². The van der Waals surface area contributed by atoms with E-state index >= 15 is 0 Å². The number of carbonyl (C=O) groups is 3. The first-order chi connectivity index (χ1) is 19.9. The van der Waals surface area contributed by atoms with E-state index in [1.54, 1.807) is 22.1 Å². The first-order valence-electron chi connectivity index (χ1n) is 13.2. The van der Waals surface area contributed by atoms with E-state index < -0.39 is 5.92 Å². The second kappa shape index (κ2) is 10.9. The predicted molar refractivity (Wildman–Crippen MR) is 157 cm³/mol. The number of hydrogen-bond donors (Lipinski definition) is 2. The number of nitriles is 1. The lowest BCUT2D eigenvalue weighted by atomic mass is 9.97. The maximum absolute atomic E-state index is 13.5. The molecule has 2 aromatic heterocycles. The number of anilines is 4. The number of para-hydroxylation sites is 1. The number of urea groups is 1. The molecule has 1 atom stereocenters. The molecule has 4 aromatic rings. The van der Waals surface area contributed by atoms with Gasteiger partial charge in [-0.15, -0.1) is 0 Å². The van der Waals surface area contributed by atoms with Gasteiger partial charge in [-0.1, -0.05) is 29.5 Å². The molecule has 1 fully saturated rings. The van der Waals surface area contributed by atoms with Gasteiger partial charge in [-0.05, 0) is 61.7 Å². The molecule has 206 valence electrons. The number of nitrogens with one attached hydrogen (secondary N) is 2. The summed E-state index contributed by atoms with van der Waals surface area (Å²) in [6, 6.07) is 18.4. The highest BCUT2D eigenvalue weighted by atomic mass is 32.1. The molecule has 0 aliphatic carbocycles. The molecule has 1 unspecified atom stereocenters. The summed E-state index contributed by atoms with van der Waals surface area (Å²) in [7, 11) is 0. The van der Waals surface area contributed by atoms with E-state index in [0.717, 1.165) is 16.7 Å². The van der Waals surface area contributed by atoms with Crippen LogP contribution in [0.25, 0.3) is 10.2 Å². The molecule has 6 rings (SSSR count). The average Bonchev–Trinajstić information content (AvgIpc) is 3.32. The van der Waals surface area contributed by atoms with Gasteiger partial charge in [-0.25, -0.2) is 9.78 Å². The molecule has 0 spiro atoms. The van der Waals surface area contributed by atoms with Gasteiger partial charge in [0.05, 0.1) is 34.4 Å². The van der Waals surface area contributed by atoms with Gasteiger partial charge >= 0.3 is 6.03 Å². The molecule has 1 saturated heterocycles. The fourth-order valence-corrected chi connectivity index (χ4v) is 6.31. The molecule has 0 saturated carbocycles. The Morgan fingerprint density at radius 3 is 2.78 bits per heavy atom. The number of ether oxygens (including phenoxy) is 1. The van der Waals surface area contributed by atoms with Crippen LogP contribution in [0, 0.1) is 24.2 Å². The van der Waals surface area contributed by atoms with Crippen molar-refractivity contribution in [2.75, 3.05) is 28.6 Å². The van der Waals surface area contributed by atoms with Crippen molar-refractivity contribution in [3.8, 4) is 17.6 Å². The predicted octanol–water partition coefficient (Wildman–Crippen LogP) is 6.17. The lowest BCUT2D eigenvalue weighted by Crippen LogP contribution is -2.43. The number of carbonyl (C=O) groups excluding carboxylic acids is 3. The van der Waals surface area contributed by atoms with Crippen molar-refractivity contribution >= 4 is 61.5 Å². The van der Waals surface area contributed by atoms with E-state index in [9.17, 15) is 14.4 Å². The lowest BCUT2D eigenvalue weighted by molar-refractivity contribution is -0.133. The lowest BCUT2D eigenvalue weighted by Gasteiger charge is -2.32. The number of nitrogens with zero attached hydrogens (tertiary/aromatic N) is 4. The van der Waals surface area contributed by atoms with Crippen molar-refractivity contribution in [2.24, 2.45) is 5.92 Å². The summed E-state index contributed by atoms with van der Waals surface area (Å²) in [5.74, 6) is 0.472. The van der Waals surface area contributed by atoms with Gasteiger partial charge in [-0.2, -0.15) is 5.26 Å². The van der Waals surface area contributed by atoms with Crippen LogP contribution in [0.1, 0.15) is 24.8 Å². The van der Waals surface area contributed by atoms with Crippen molar-refractivity contribution in [3.63, 3.8) is 0 Å². The van der Waals surface area contributed by atoms with Gasteiger partial charge in [0, 0.05) is 19.3 Å². The SMILES string of the molecule is Cc1cc(Oc2ccccc2)ccc1N1C(=O)Nc2c(NC(=O)C3CCCN(C(=O)CC#N)C3)sc3nccc1c23. The van der Waals surface area contributed by atoms with Crippen molar-refractivity contribution in [2.45, 2.75) is 26.2 Å². The number of pyridine rings is 1. The van der Waals surface area contributed by atoms with E-state index in [1.165, 1.54) is 11.3 Å². The Balaban J connectivity index is 1.27. The van der Waals surface area contributed by atoms with E-state index in [2.05, 4.69) is 15.6 Å². The van der Waals surface area contributed by atoms with Gasteiger partial charge in [0.15, 0.2) is 0 Å². The Labute approximate surface area is 240 Å². The van der Waals surface area contributed by atoms with Gasteiger partial charge in [-0.3, -0.25) is 14.5 Å². The fraction of sp³-hybridized carbons (Fsp3) is 0.233. The monoisotopic (exact) mass is 566 g/mol. The summed E-state index contributed by atoms with van der Waals surface area (Å²) in [6.45, 7) is 2.72. The van der Waals surface area contributed by atoms with Crippen LogP contribution in [0.5, 0.6) is 11.5 Å². The minimum atomic E-state index is -0.411. The van der Waals surface area contributed by atoms with Crippen LogP contribution < -0.4 is 20.3 Å². The first-order valence-corrected chi connectivity index (χ1v) is 14.1. The Morgan fingerprint density at radius 2 is 2.00 bits per heavy atom. The van der Waals surface area contributed by atoms with Crippen LogP contribution >= 0.6 is 11.3 Å².